The summed E-state index contributed by atoms with van der Waals surface area (Å²) in [5.74, 6) is 0.416. The molecule has 4 saturated carbocycles. The number of esters is 1. The van der Waals surface area contributed by atoms with Gasteiger partial charge in [0.2, 0.25) is 0 Å². The fraction of sp³-hybridized carbons (Fsp3) is 0.941. The van der Waals surface area contributed by atoms with Gasteiger partial charge in [0.1, 0.15) is 0 Å². The number of hydrogen-bond donors (Lipinski definition) is 2. The van der Waals surface area contributed by atoms with E-state index in [0.29, 0.717) is 24.3 Å². The highest BCUT2D eigenvalue weighted by atomic mass is 32.2. The van der Waals surface area contributed by atoms with Gasteiger partial charge < -0.3 is 10.1 Å². The second-order valence-electron chi connectivity index (χ2n) is 8.68. The van der Waals surface area contributed by atoms with Crippen molar-refractivity contribution in [3.8, 4) is 0 Å². The number of nitrogens with one attached hydrogen (secondary N) is 1. The summed E-state index contributed by atoms with van der Waals surface area (Å²) in [4.78, 5) is 11.6. The third-order valence-electron chi connectivity index (χ3n) is 6.29. The monoisotopic (exact) mass is 449 g/mol. The fourth-order valence-corrected chi connectivity index (χ4v) is 6.02. The highest BCUT2D eigenvalue weighted by Gasteiger charge is 2.66. The lowest BCUT2D eigenvalue weighted by Gasteiger charge is -2.57. The molecular weight excluding hydrogens is 425 g/mol. The number of hydrogen-bond acceptors (Lipinski definition) is 5. The Labute approximate surface area is 165 Å². The van der Waals surface area contributed by atoms with Gasteiger partial charge in [0, 0.05) is 12.0 Å². The van der Waals surface area contributed by atoms with E-state index in [1.807, 2.05) is 0 Å². The molecule has 12 heteroatoms. The lowest BCUT2D eigenvalue weighted by molar-refractivity contribution is -0.259. The number of carbonyl (C=O) groups excluding carboxylic acids is 1. The second kappa shape index (κ2) is 7.60. The van der Waals surface area contributed by atoms with E-state index in [0.717, 1.165) is 19.3 Å². The van der Waals surface area contributed by atoms with Gasteiger partial charge in [0.05, 0.1) is 0 Å². The average molecular weight is 449 g/mol. The van der Waals surface area contributed by atoms with Crippen molar-refractivity contribution in [2.45, 2.75) is 74.4 Å². The highest BCUT2D eigenvalue weighted by molar-refractivity contribution is 7.86. The van der Waals surface area contributed by atoms with E-state index in [1.165, 1.54) is 19.3 Å². The van der Waals surface area contributed by atoms with Crippen LogP contribution in [0, 0.1) is 17.8 Å². The Morgan fingerprint density at radius 2 is 1.55 bits per heavy atom. The van der Waals surface area contributed by atoms with Crippen LogP contribution in [0.15, 0.2) is 0 Å². The van der Waals surface area contributed by atoms with E-state index in [4.69, 9.17) is 4.55 Å². The smallest absolute Gasteiger partial charge is 0.432 e. The van der Waals surface area contributed by atoms with Crippen LogP contribution in [0.25, 0.3) is 0 Å². The zero-order chi connectivity index (χ0) is 21.7. The van der Waals surface area contributed by atoms with E-state index in [2.05, 4.69) is 10.1 Å². The van der Waals surface area contributed by atoms with Gasteiger partial charge in [-0.15, -0.1) is 0 Å². The number of carbonyl (C=O) groups is 1. The summed E-state index contributed by atoms with van der Waals surface area (Å²) in [6.07, 6.45) is -3.90. The molecule has 0 saturated heterocycles. The van der Waals surface area contributed by atoms with Crippen molar-refractivity contribution in [2.75, 3.05) is 6.54 Å². The summed E-state index contributed by atoms with van der Waals surface area (Å²) in [6.45, 7) is 0.312. The van der Waals surface area contributed by atoms with Gasteiger partial charge in [-0.1, -0.05) is 0 Å². The molecule has 4 fully saturated rings. The minimum Gasteiger partial charge on any atom is -0.445 e. The Morgan fingerprint density at radius 3 is 1.97 bits per heavy atom. The Morgan fingerprint density at radius 1 is 1.07 bits per heavy atom. The molecule has 4 aliphatic rings. The minimum atomic E-state index is -6.42. The zero-order valence-electron chi connectivity index (χ0n) is 15.6. The van der Waals surface area contributed by atoms with Crippen molar-refractivity contribution < 1.29 is 44.5 Å². The zero-order valence-corrected chi connectivity index (χ0v) is 16.4. The van der Waals surface area contributed by atoms with Crippen molar-refractivity contribution in [1.29, 1.82) is 0 Å². The lowest BCUT2D eigenvalue weighted by atomic mass is 9.53. The minimum absolute atomic E-state index is 0.0227. The maximum atomic E-state index is 13.4. The summed E-state index contributed by atoms with van der Waals surface area (Å²) < 4.78 is 98.4. The molecular formula is C17H24F5NO5S. The molecule has 0 heterocycles. The fourth-order valence-electron chi connectivity index (χ4n) is 5.57. The third kappa shape index (κ3) is 4.84. The molecule has 0 aliphatic heterocycles. The van der Waals surface area contributed by atoms with E-state index in [9.17, 15) is 35.2 Å². The second-order valence-corrected chi connectivity index (χ2v) is 10.2. The quantitative estimate of drug-likeness (QED) is 0.256. The molecule has 29 heavy (non-hydrogen) atoms. The first-order valence-corrected chi connectivity index (χ1v) is 11.0. The van der Waals surface area contributed by atoms with Crippen LogP contribution in [0.4, 0.5) is 22.0 Å². The standard InChI is InChI=1S/C17H24F5NO5S/c18-16(19,20)14(17(21,22)29(25,26)27)28-13(24)2-1-3-23-15-7-10-4-11(8-15)6-12(5-10)9-15/h10-12,14,23H,1-9H2,(H,25,26,27). The van der Waals surface area contributed by atoms with Gasteiger partial charge in [-0.05, 0) is 69.2 Å². The van der Waals surface area contributed by atoms with Crippen LogP contribution >= 0.6 is 0 Å². The Kier molecular flexibility index (Phi) is 5.94. The number of rotatable bonds is 8. The van der Waals surface area contributed by atoms with Crippen LogP contribution in [0.2, 0.25) is 0 Å². The van der Waals surface area contributed by atoms with Gasteiger partial charge in [-0.25, -0.2) is 0 Å². The molecule has 4 bridgehead atoms. The number of halogens is 5. The molecule has 2 N–H and O–H groups in total. The van der Waals surface area contributed by atoms with Gasteiger partial charge >= 0.3 is 27.5 Å². The molecule has 6 nitrogen and oxygen atoms in total. The van der Waals surface area contributed by atoms with Gasteiger partial charge in [0.25, 0.3) is 6.10 Å². The van der Waals surface area contributed by atoms with Crippen molar-refractivity contribution in [3.05, 3.63) is 0 Å². The van der Waals surface area contributed by atoms with E-state index in [-0.39, 0.29) is 12.0 Å². The van der Waals surface area contributed by atoms with Crippen molar-refractivity contribution >= 4 is 16.1 Å². The Bertz CT molecular complexity index is 704. The normalized spacial score (nSPS) is 33.0. The van der Waals surface area contributed by atoms with Crippen LogP contribution < -0.4 is 5.32 Å². The van der Waals surface area contributed by atoms with Crippen LogP contribution in [0.1, 0.15) is 51.4 Å². The van der Waals surface area contributed by atoms with Gasteiger partial charge in [0.15, 0.2) is 0 Å². The predicted octanol–water partition coefficient (Wildman–Crippen LogP) is 3.28. The average Bonchev–Trinajstić information content (AvgIpc) is 2.53. The van der Waals surface area contributed by atoms with E-state index in [1.54, 1.807) is 0 Å². The molecule has 0 spiro atoms. The maximum absolute atomic E-state index is 13.4. The van der Waals surface area contributed by atoms with Crippen LogP contribution in [0.5, 0.6) is 0 Å². The third-order valence-corrected chi connectivity index (χ3v) is 7.19. The molecule has 0 amide bonds. The molecule has 1 unspecified atom stereocenters. The molecule has 0 radical (unpaired) electrons. The van der Waals surface area contributed by atoms with Gasteiger partial charge in [-0.3, -0.25) is 9.35 Å². The van der Waals surface area contributed by atoms with Gasteiger partial charge in [-0.2, -0.15) is 30.4 Å². The largest absolute Gasteiger partial charge is 0.445 e. The maximum Gasteiger partial charge on any atom is 0.432 e. The first kappa shape index (κ1) is 22.7. The Balaban J connectivity index is 1.50. The van der Waals surface area contributed by atoms with Crippen molar-refractivity contribution in [1.82, 2.24) is 5.32 Å². The molecule has 168 valence electrons. The Hall–Kier alpha value is -1.01. The predicted molar refractivity (Wildman–Crippen MR) is 90.6 cm³/mol. The SMILES string of the molecule is O=C(CCCNC12CC3CC(CC(C3)C1)C2)OC(C(F)(F)F)C(F)(F)S(=O)(=O)O. The topological polar surface area (TPSA) is 92.7 Å². The van der Waals surface area contributed by atoms with Crippen LogP contribution in [-0.2, 0) is 19.6 Å². The summed E-state index contributed by atoms with van der Waals surface area (Å²) in [7, 11) is -6.42. The number of alkyl halides is 5. The lowest BCUT2D eigenvalue weighted by Crippen LogP contribution is -2.58. The molecule has 4 aliphatic carbocycles. The van der Waals surface area contributed by atoms with Crippen molar-refractivity contribution in [2.24, 2.45) is 17.8 Å². The molecule has 0 aromatic rings. The molecule has 1 atom stereocenters. The summed E-state index contributed by atoms with van der Waals surface area (Å²) in [6, 6.07) is 0. The molecule has 0 aromatic carbocycles. The van der Waals surface area contributed by atoms with E-state index >= 15 is 0 Å². The van der Waals surface area contributed by atoms with Crippen LogP contribution in [0.3, 0.4) is 0 Å². The summed E-state index contributed by atoms with van der Waals surface area (Å²) in [5.41, 5.74) is -0.0227. The first-order chi connectivity index (χ1) is 13.2. The number of ether oxygens (including phenoxy) is 1. The van der Waals surface area contributed by atoms with E-state index < -0.39 is 40.0 Å². The molecule has 4 rings (SSSR count). The molecule has 0 aromatic heterocycles. The first-order valence-electron chi connectivity index (χ1n) is 9.58. The van der Waals surface area contributed by atoms with Crippen LogP contribution in [-0.4, -0.2) is 48.6 Å². The summed E-state index contributed by atoms with van der Waals surface area (Å²) in [5, 5.41) is -2.29. The van der Waals surface area contributed by atoms with Crippen molar-refractivity contribution in [3.63, 3.8) is 0 Å². The summed E-state index contributed by atoms with van der Waals surface area (Å²) >= 11 is 0. The highest BCUT2D eigenvalue weighted by Crippen LogP contribution is 2.55.